The number of Topliss-reactive ketones (excluding diaryl/α,β-unsaturated/α-hetero) is 1. The van der Waals surface area contributed by atoms with Gasteiger partial charge in [0, 0.05) is 21.2 Å². The van der Waals surface area contributed by atoms with Crippen LogP contribution in [0.1, 0.15) is 41.5 Å². The van der Waals surface area contributed by atoms with Gasteiger partial charge in [0.2, 0.25) is 0 Å². The minimum absolute atomic E-state index is 0.00763. The first-order valence-electron chi connectivity index (χ1n) is 10.6. The van der Waals surface area contributed by atoms with Crippen molar-refractivity contribution in [3.8, 4) is 5.75 Å². The molecule has 2 heterocycles. The molecule has 2 aromatic carbocycles. The first kappa shape index (κ1) is 23.1. The SMILES string of the molecule is Cc1cc(/C(O)=C2/C(=O)C(=O)N(c3cccc(Cl)c3C)C2c2cccs2)ccc1OC(C)C. The molecule has 1 aliphatic heterocycles. The summed E-state index contributed by atoms with van der Waals surface area (Å²) < 4.78 is 5.78. The van der Waals surface area contributed by atoms with Crippen LogP contribution in [0.4, 0.5) is 5.69 Å². The van der Waals surface area contributed by atoms with Gasteiger partial charge in [-0.05, 0) is 80.6 Å². The maximum absolute atomic E-state index is 13.2. The summed E-state index contributed by atoms with van der Waals surface area (Å²) in [7, 11) is 0. The topological polar surface area (TPSA) is 66.8 Å². The molecule has 1 aromatic heterocycles. The van der Waals surface area contributed by atoms with E-state index in [0.717, 1.165) is 10.4 Å². The van der Waals surface area contributed by atoms with E-state index >= 15 is 0 Å². The van der Waals surface area contributed by atoms with E-state index in [1.807, 2.05) is 38.3 Å². The molecule has 1 fully saturated rings. The van der Waals surface area contributed by atoms with Crippen molar-refractivity contribution in [2.24, 2.45) is 0 Å². The average Bonchev–Trinajstić information content (AvgIpc) is 3.38. The number of anilines is 1. The molecule has 0 bridgehead atoms. The Kier molecular flexibility index (Phi) is 6.32. The number of carbonyl (C=O) groups excluding carboxylic acids is 2. The summed E-state index contributed by atoms with van der Waals surface area (Å²) in [6.45, 7) is 7.56. The van der Waals surface area contributed by atoms with Crippen molar-refractivity contribution in [3.05, 3.63) is 86.1 Å². The van der Waals surface area contributed by atoms with Gasteiger partial charge in [-0.2, -0.15) is 0 Å². The average molecular weight is 482 g/mol. The Bertz CT molecular complexity index is 1260. The van der Waals surface area contributed by atoms with Gasteiger partial charge in [0.05, 0.1) is 11.7 Å². The zero-order valence-electron chi connectivity index (χ0n) is 18.8. The molecule has 1 aliphatic rings. The summed E-state index contributed by atoms with van der Waals surface area (Å²) in [5.74, 6) is -0.943. The normalized spacial score (nSPS) is 17.8. The van der Waals surface area contributed by atoms with Gasteiger partial charge >= 0.3 is 0 Å². The van der Waals surface area contributed by atoms with Crippen LogP contribution in [-0.2, 0) is 9.59 Å². The van der Waals surface area contributed by atoms with Crippen LogP contribution in [0.2, 0.25) is 5.02 Å². The summed E-state index contributed by atoms with van der Waals surface area (Å²) in [4.78, 5) is 28.7. The van der Waals surface area contributed by atoms with Crippen molar-refractivity contribution in [1.82, 2.24) is 0 Å². The van der Waals surface area contributed by atoms with Crippen molar-refractivity contribution in [3.63, 3.8) is 0 Å². The molecule has 1 saturated heterocycles. The first-order valence-corrected chi connectivity index (χ1v) is 11.8. The number of aliphatic hydroxyl groups is 1. The second-order valence-electron chi connectivity index (χ2n) is 8.22. The first-order chi connectivity index (χ1) is 15.7. The number of hydrogen-bond acceptors (Lipinski definition) is 5. The summed E-state index contributed by atoms with van der Waals surface area (Å²) >= 11 is 7.74. The standard InChI is InChI=1S/C26H24ClNO4S/c1-14(2)32-20-11-10-17(13-15(20)3)24(29)22-23(21-9-6-12-33-21)28(26(31)25(22)30)19-8-5-7-18(27)16(19)4/h5-14,23,29H,1-4H3/b24-22-. The number of amides is 1. The van der Waals surface area contributed by atoms with E-state index in [4.69, 9.17) is 16.3 Å². The second kappa shape index (κ2) is 9.04. The number of aryl methyl sites for hydroxylation is 1. The predicted octanol–water partition coefficient (Wildman–Crippen LogP) is 6.43. The molecule has 33 heavy (non-hydrogen) atoms. The molecule has 1 atom stereocenters. The Morgan fingerprint density at radius 1 is 1.12 bits per heavy atom. The lowest BCUT2D eigenvalue weighted by atomic mass is 9.98. The molecular formula is C26H24ClNO4S. The molecule has 7 heteroatoms. The van der Waals surface area contributed by atoms with Crippen LogP contribution in [0.15, 0.2) is 59.5 Å². The second-order valence-corrected chi connectivity index (χ2v) is 9.60. The number of halogens is 1. The van der Waals surface area contributed by atoms with Gasteiger partial charge in [-0.25, -0.2) is 0 Å². The molecule has 0 aliphatic carbocycles. The minimum Gasteiger partial charge on any atom is -0.507 e. The van der Waals surface area contributed by atoms with Crippen LogP contribution in [-0.4, -0.2) is 22.9 Å². The lowest BCUT2D eigenvalue weighted by molar-refractivity contribution is -0.132. The molecule has 4 rings (SSSR count). The van der Waals surface area contributed by atoms with E-state index < -0.39 is 17.7 Å². The number of aliphatic hydroxyl groups excluding tert-OH is 1. The van der Waals surface area contributed by atoms with E-state index in [9.17, 15) is 14.7 Å². The fraction of sp³-hybridized carbons (Fsp3) is 0.231. The van der Waals surface area contributed by atoms with Gasteiger partial charge in [0.25, 0.3) is 11.7 Å². The fourth-order valence-electron chi connectivity index (χ4n) is 3.99. The van der Waals surface area contributed by atoms with Gasteiger partial charge < -0.3 is 9.84 Å². The molecule has 1 unspecified atom stereocenters. The molecule has 5 nitrogen and oxygen atoms in total. The van der Waals surface area contributed by atoms with E-state index in [-0.39, 0.29) is 17.4 Å². The van der Waals surface area contributed by atoms with Crippen LogP contribution >= 0.6 is 22.9 Å². The number of thiophene rings is 1. The lowest BCUT2D eigenvalue weighted by Crippen LogP contribution is -2.29. The summed E-state index contributed by atoms with van der Waals surface area (Å²) in [5.41, 5.74) is 2.55. The third-order valence-corrected chi connectivity index (χ3v) is 6.90. The maximum Gasteiger partial charge on any atom is 0.300 e. The molecular weight excluding hydrogens is 458 g/mol. The largest absolute Gasteiger partial charge is 0.507 e. The minimum atomic E-state index is -0.755. The fourth-order valence-corrected chi connectivity index (χ4v) is 4.99. The summed E-state index contributed by atoms with van der Waals surface area (Å²) in [5, 5.41) is 13.7. The Labute approximate surface area is 201 Å². The van der Waals surface area contributed by atoms with Crippen LogP contribution in [0.5, 0.6) is 5.75 Å². The highest BCUT2D eigenvalue weighted by molar-refractivity contribution is 7.10. The highest BCUT2D eigenvalue weighted by Gasteiger charge is 2.47. The molecule has 0 radical (unpaired) electrons. The number of hydrogen-bond donors (Lipinski definition) is 1. The van der Waals surface area contributed by atoms with E-state index in [1.165, 1.54) is 16.2 Å². The smallest absolute Gasteiger partial charge is 0.300 e. The third-order valence-electron chi connectivity index (χ3n) is 5.57. The van der Waals surface area contributed by atoms with Crippen molar-refractivity contribution in [2.75, 3.05) is 4.90 Å². The van der Waals surface area contributed by atoms with Crippen LogP contribution in [0.3, 0.4) is 0 Å². The molecule has 1 N–H and O–H groups in total. The van der Waals surface area contributed by atoms with E-state index in [2.05, 4.69) is 0 Å². The molecule has 0 saturated carbocycles. The number of nitrogens with zero attached hydrogens (tertiary/aromatic N) is 1. The molecule has 0 spiro atoms. The quantitative estimate of drug-likeness (QED) is 0.259. The van der Waals surface area contributed by atoms with Crippen molar-refractivity contribution < 1.29 is 19.4 Å². The number of rotatable bonds is 5. The van der Waals surface area contributed by atoms with Gasteiger partial charge in [0.1, 0.15) is 17.6 Å². The monoisotopic (exact) mass is 481 g/mol. The zero-order valence-corrected chi connectivity index (χ0v) is 20.3. The number of ether oxygens (including phenoxy) is 1. The molecule has 3 aromatic rings. The highest BCUT2D eigenvalue weighted by Crippen LogP contribution is 2.45. The van der Waals surface area contributed by atoms with Gasteiger partial charge in [0.15, 0.2) is 0 Å². The zero-order chi connectivity index (χ0) is 23.9. The van der Waals surface area contributed by atoms with Crippen LogP contribution in [0, 0.1) is 13.8 Å². The van der Waals surface area contributed by atoms with Crippen molar-refractivity contribution >= 4 is 46.1 Å². The Balaban J connectivity index is 1.89. The number of ketones is 1. The summed E-state index contributed by atoms with van der Waals surface area (Å²) in [6.07, 6.45) is 0.00763. The number of benzene rings is 2. The third kappa shape index (κ3) is 4.16. The van der Waals surface area contributed by atoms with Crippen LogP contribution < -0.4 is 9.64 Å². The van der Waals surface area contributed by atoms with E-state index in [0.29, 0.717) is 27.6 Å². The number of carbonyl (C=O) groups is 2. The van der Waals surface area contributed by atoms with Gasteiger partial charge in [-0.1, -0.05) is 23.7 Å². The Morgan fingerprint density at radius 3 is 2.52 bits per heavy atom. The molecule has 170 valence electrons. The lowest BCUT2D eigenvalue weighted by Gasteiger charge is -2.26. The van der Waals surface area contributed by atoms with Crippen LogP contribution in [0.25, 0.3) is 5.76 Å². The van der Waals surface area contributed by atoms with Gasteiger partial charge in [-0.3, -0.25) is 14.5 Å². The van der Waals surface area contributed by atoms with Gasteiger partial charge in [-0.15, -0.1) is 11.3 Å². The van der Waals surface area contributed by atoms with E-state index in [1.54, 1.807) is 43.3 Å². The summed E-state index contributed by atoms with van der Waals surface area (Å²) in [6, 6.07) is 13.4. The molecule has 1 amide bonds. The Morgan fingerprint density at radius 2 is 1.88 bits per heavy atom. The highest BCUT2D eigenvalue weighted by atomic mass is 35.5. The predicted molar refractivity (Wildman–Crippen MR) is 132 cm³/mol. The maximum atomic E-state index is 13.2. The van der Waals surface area contributed by atoms with Crippen molar-refractivity contribution in [2.45, 2.75) is 39.8 Å². The Hall–Kier alpha value is -3.09. The van der Waals surface area contributed by atoms with Crippen molar-refractivity contribution in [1.29, 1.82) is 0 Å².